The van der Waals surface area contributed by atoms with Crippen LogP contribution in [0.1, 0.15) is 58.8 Å². The van der Waals surface area contributed by atoms with Crippen LogP contribution in [0.5, 0.6) is 0 Å². The number of hydrogen-bond donors (Lipinski definition) is 1. The van der Waals surface area contributed by atoms with Crippen molar-refractivity contribution < 1.29 is 14.3 Å². The van der Waals surface area contributed by atoms with Crippen molar-refractivity contribution >= 4 is 5.97 Å². The van der Waals surface area contributed by atoms with Crippen LogP contribution in [-0.4, -0.2) is 36.9 Å². The van der Waals surface area contributed by atoms with Crippen LogP contribution < -0.4 is 5.32 Å². The van der Waals surface area contributed by atoms with E-state index in [0.717, 1.165) is 12.8 Å². The molecule has 4 heteroatoms. The predicted octanol–water partition coefficient (Wildman–Crippen LogP) is 2.41. The van der Waals surface area contributed by atoms with Crippen molar-refractivity contribution in [3.05, 3.63) is 0 Å². The highest BCUT2D eigenvalue weighted by Gasteiger charge is 2.53. The Morgan fingerprint density at radius 1 is 1.32 bits per heavy atom. The number of nitrogens with one attached hydrogen (secondary N) is 1. The summed E-state index contributed by atoms with van der Waals surface area (Å²) < 4.78 is 10.9. The lowest BCUT2D eigenvalue weighted by Crippen LogP contribution is -2.42. The molecule has 0 aromatic heterocycles. The summed E-state index contributed by atoms with van der Waals surface area (Å²) in [5.41, 5.74) is -0.613. The molecule has 0 amide bonds. The monoisotopic (exact) mass is 269 g/mol. The largest absolute Gasteiger partial charge is 0.464 e. The van der Waals surface area contributed by atoms with Crippen molar-refractivity contribution in [2.45, 2.75) is 76.5 Å². The molecule has 2 saturated carbocycles. The summed E-state index contributed by atoms with van der Waals surface area (Å²) in [5, 5.41) is 3.61. The number of hydrogen-bond acceptors (Lipinski definition) is 4. The second-order valence-electron chi connectivity index (χ2n) is 5.93. The number of carbonyl (C=O) groups is 1. The average Bonchev–Trinajstić information content (AvgIpc) is 3.19. The van der Waals surface area contributed by atoms with E-state index in [1.54, 1.807) is 0 Å². The molecule has 2 rings (SSSR count). The van der Waals surface area contributed by atoms with Crippen LogP contribution in [0.4, 0.5) is 0 Å². The van der Waals surface area contributed by atoms with E-state index in [1.165, 1.54) is 32.1 Å². The molecule has 1 atom stereocenters. The molecule has 110 valence electrons. The van der Waals surface area contributed by atoms with Crippen LogP contribution >= 0.6 is 0 Å². The number of rotatable bonds is 7. The molecule has 0 aromatic carbocycles. The number of carbonyl (C=O) groups excluding carboxylic acids is 1. The second-order valence-corrected chi connectivity index (χ2v) is 5.93. The third-order valence-corrected chi connectivity index (χ3v) is 4.09. The summed E-state index contributed by atoms with van der Waals surface area (Å²) in [5.74, 6) is -0.181. The maximum Gasteiger partial charge on any atom is 0.338 e. The van der Waals surface area contributed by atoms with Crippen molar-refractivity contribution in [1.29, 1.82) is 0 Å². The minimum absolute atomic E-state index is 0.181. The Bertz CT molecular complexity index is 296. The van der Waals surface area contributed by atoms with Gasteiger partial charge in [0.15, 0.2) is 5.60 Å². The normalized spacial score (nSPS) is 23.9. The summed E-state index contributed by atoms with van der Waals surface area (Å²) in [6.45, 7) is 4.99. The Labute approximate surface area is 116 Å². The molecule has 0 aromatic rings. The lowest BCUT2D eigenvalue weighted by molar-refractivity contribution is -0.160. The van der Waals surface area contributed by atoms with Crippen molar-refractivity contribution in [2.24, 2.45) is 0 Å². The topological polar surface area (TPSA) is 47.6 Å². The molecule has 0 heterocycles. The van der Waals surface area contributed by atoms with Gasteiger partial charge in [-0.05, 0) is 39.5 Å². The van der Waals surface area contributed by atoms with Gasteiger partial charge in [0, 0.05) is 12.1 Å². The van der Waals surface area contributed by atoms with Gasteiger partial charge in [-0.3, -0.25) is 0 Å². The molecular weight excluding hydrogens is 242 g/mol. The van der Waals surface area contributed by atoms with E-state index in [1.807, 2.05) is 6.92 Å². The molecular formula is C15H27NO3. The molecule has 4 nitrogen and oxygen atoms in total. The van der Waals surface area contributed by atoms with Crippen LogP contribution in [0.15, 0.2) is 0 Å². The van der Waals surface area contributed by atoms with Gasteiger partial charge in [0.1, 0.15) is 0 Å². The van der Waals surface area contributed by atoms with E-state index in [9.17, 15) is 4.79 Å². The molecule has 19 heavy (non-hydrogen) atoms. The molecule has 0 saturated heterocycles. The molecule has 0 bridgehead atoms. The highest BCUT2D eigenvalue weighted by Crippen LogP contribution is 2.40. The van der Waals surface area contributed by atoms with E-state index in [2.05, 4.69) is 12.2 Å². The zero-order valence-electron chi connectivity index (χ0n) is 12.2. The molecule has 1 N–H and O–H groups in total. The van der Waals surface area contributed by atoms with Gasteiger partial charge >= 0.3 is 5.97 Å². The van der Waals surface area contributed by atoms with Gasteiger partial charge < -0.3 is 14.8 Å². The van der Waals surface area contributed by atoms with Crippen LogP contribution in [-0.2, 0) is 14.3 Å². The van der Waals surface area contributed by atoms with Crippen molar-refractivity contribution in [2.75, 3.05) is 13.2 Å². The van der Waals surface area contributed by atoms with E-state index < -0.39 is 5.60 Å². The van der Waals surface area contributed by atoms with Gasteiger partial charge in [-0.15, -0.1) is 0 Å². The van der Waals surface area contributed by atoms with Crippen LogP contribution in [0.25, 0.3) is 0 Å². The second kappa shape index (κ2) is 6.71. The fourth-order valence-electron chi connectivity index (χ4n) is 2.79. The average molecular weight is 269 g/mol. The van der Waals surface area contributed by atoms with E-state index in [0.29, 0.717) is 25.3 Å². The number of ether oxygens (including phenoxy) is 2. The highest BCUT2D eigenvalue weighted by molar-refractivity contribution is 5.82. The van der Waals surface area contributed by atoms with E-state index in [-0.39, 0.29) is 5.97 Å². The van der Waals surface area contributed by atoms with Crippen molar-refractivity contribution in [1.82, 2.24) is 5.32 Å². The maximum atomic E-state index is 11.8. The Morgan fingerprint density at radius 2 is 2.00 bits per heavy atom. The van der Waals surface area contributed by atoms with Crippen molar-refractivity contribution in [3.8, 4) is 0 Å². The molecule has 1 unspecified atom stereocenters. The summed E-state index contributed by atoms with van der Waals surface area (Å²) in [4.78, 5) is 11.8. The lowest BCUT2D eigenvalue weighted by Gasteiger charge is -2.27. The van der Waals surface area contributed by atoms with Gasteiger partial charge in [-0.1, -0.05) is 19.3 Å². The maximum absolute atomic E-state index is 11.8. The van der Waals surface area contributed by atoms with Gasteiger partial charge in [-0.25, -0.2) is 4.79 Å². The first-order valence-corrected chi connectivity index (χ1v) is 7.73. The fourth-order valence-corrected chi connectivity index (χ4v) is 2.79. The van der Waals surface area contributed by atoms with Gasteiger partial charge in [-0.2, -0.15) is 0 Å². The summed E-state index contributed by atoms with van der Waals surface area (Å²) in [7, 11) is 0. The van der Waals surface area contributed by atoms with Crippen LogP contribution in [0, 0.1) is 0 Å². The Morgan fingerprint density at radius 3 is 2.58 bits per heavy atom. The standard InChI is InChI=1S/C15H27NO3/c1-3-18-14(17)15(9-10-15)19-11-12(2)16-13-7-5-4-6-8-13/h12-13,16H,3-11H2,1-2H3. The zero-order chi connectivity index (χ0) is 13.7. The smallest absolute Gasteiger partial charge is 0.338 e. The third-order valence-electron chi connectivity index (χ3n) is 4.09. The van der Waals surface area contributed by atoms with Crippen LogP contribution in [0.3, 0.4) is 0 Å². The molecule has 2 aliphatic carbocycles. The zero-order valence-corrected chi connectivity index (χ0v) is 12.2. The Kier molecular flexibility index (Phi) is 5.22. The summed E-state index contributed by atoms with van der Waals surface area (Å²) in [6, 6.07) is 0.931. The van der Waals surface area contributed by atoms with E-state index >= 15 is 0 Å². The molecule has 0 aliphatic heterocycles. The lowest BCUT2D eigenvalue weighted by atomic mass is 9.95. The van der Waals surface area contributed by atoms with Gasteiger partial charge in [0.25, 0.3) is 0 Å². The van der Waals surface area contributed by atoms with Gasteiger partial charge in [0.2, 0.25) is 0 Å². The quantitative estimate of drug-likeness (QED) is 0.721. The highest BCUT2D eigenvalue weighted by atomic mass is 16.6. The summed E-state index contributed by atoms with van der Waals surface area (Å²) in [6.07, 6.45) is 8.19. The number of esters is 1. The minimum atomic E-state index is -0.613. The van der Waals surface area contributed by atoms with E-state index in [4.69, 9.17) is 9.47 Å². The molecule has 2 aliphatic rings. The third kappa shape index (κ3) is 4.18. The first-order valence-electron chi connectivity index (χ1n) is 7.73. The first kappa shape index (κ1) is 14.8. The molecule has 2 fully saturated rings. The van der Waals surface area contributed by atoms with Crippen LogP contribution in [0.2, 0.25) is 0 Å². The predicted molar refractivity (Wildman–Crippen MR) is 74.0 cm³/mol. The van der Waals surface area contributed by atoms with Gasteiger partial charge in [0.05, 0.1) is 13.2 Å². The fraction of sp³-hybridized carbons (Fsp3) is 0.933. The molecule has 0 spiro atoms. The first-order chi connectivity index (χ1) is 9.16. The molecule has 0 radical (unpaired) electrons. The Balaban J connectivity index is 1.68. The van der Waals surface area contributed by atoms with Crippen molar-refractivity contribution in [3.63, 3.8) is 0 Å². The summed E-state index contributed by atoms with van der Waals surface area (Å²) >= 11 is 0. The SMILES string of the molecule is CCOC(=O)C1(OCC(C)NC2CCCCC2)CC1. The Hall–Kier alpha value is -0.610. The minimum Gasteiger partial charge on any atom is -0.464 e.